The Labute approximate surface area is 108 Å². The summed E-state index contributed by atoms with van der Waals surface area (Å²) in [5, 5.41) is 3.28. The highest BCUT2D eigenvalue weighted by Gasteiger charge is 2.23. The Kier molecular flexibility index (Phi) is 4.20. The SMILES string of the molecule is CCOc1ccc(C(=O)N2CCNC[C@H]2C)cc1. The van der Waals surface area contributed by atoms with Crippen molar-refractivity contribution in [1.29, 1.82) is 0 Å². The lowest BCUT2D eigenvalue weighted by molar-refractivity contribution is 0.0656. The minimum atomic E-state index is 0.104. The van der Waals surface area contributed by atoms with Crippen LogP contribution in [0.3, 0.4) is 0 Å². The summed E-state index contributed by atoms with van der Waals surface area (Å²) in [5.74, 6) is 0.912. The van der Waals surface area contributed by atoms with Crippen molar-refractivity contribution in [3.63, 3.8) is 0 Å². The van der Waals surface area contributed by atoms with E-state index < -0.39 is 0 Å². The molecule has 0 bridgehead atoms. The summed E-state index contributed by atoms with van der Waals surface area (Å²) >= 11 is 0. The van der Waals surface area contributed by atoms with Crippen molar-refractivity contribution in [3.8, 4) is 5.75 Å². The number of hydrogen-bond donors (Lipinski definition) is 1. The highest BCUT2D eigenvalue weighted by Crippen LogP contribution is 2.15. The van der Waals surface area contributed by atoms with Gasteiger partial charge in [0.15, 0.2) is 0 Å². The Balaban J connectivity index is 2.08. The Morgan fingerprint density at radius 2 is 2.17 bits per heavy atom. The average molecular weight is 248 g/mol. The number of nitrogens with one attached hydrogen (secondary N) is 1. The predicted octanol–water partition coefficient (Wildman–Crippen LogP) is 1.52. The molecule has 1 atom stereocenters. The number of benzene rings is 1. The minimum Gasteiger partial charge on any atom is -0.494 e. The van der Waals surface area contributed by atoms with Gasteiger partial charge in [-0.15, -0.1) is 0 Å². The van der Waals surface area contributed by atoms with Gasteiger partial charge in [0.2, 0.25) is 0 Å². The highest BCUT2D eigenvalue weighted by atomic mass is 16.5. The molecule has 1 heterocycles. The maximum Gasteiger partial charge on any atom is 0.254 e. The maximum atomic E-state index is 12.3. The molecule has 0 unspecified atom stereocenters. The molecule has 0 spiro atoms. The van der Waals surface area contributed by atoms with Gasteiger partial charge in [-0.25, -0.2) is 0 Å². The zero-order valence-electron chi connectivity index (χ0n) is 11.0. The van der Waals surface area contributed by atoms with Gasteiger partial charge in [0.25, 0.3) is 5.91 Å². The van der Waals surface area contributed by atoms with Crippen molar-refractivity contribution in [1.82, 2.24) is 10.2 Å². The average Bonchev–Trinajstić information content (AvgIpc) is 2.40. The standard InChI is InChI=1S/C14H20N2O2/c1-3-18-13-6-4-12(5-7-13)14(17)16-9-8-15-10-11(16)2/h4-7,11,15H,3,8-10H2,1-2H3/t11-/m1/s1. The molecular weight excluding hydrogens is 228 g/mol. The first-order valence-corrected chi connectivity index (χ1v) is 6.47. The number of amides is 1. The Hall–Kier alpha value is -1.55. The Morgan fingerprint density at radius 3 is 2.78 bits per heavy atom. The van der Waals surface area contributed by atoms with Crippen LogP contribution in [-0.4, -0.2) is 43.1 Å². The van der Waals surface area contributed by atoms with Crippen LogP contribution in [0.4, 0.5) is 0 Å². The van der Waals surface area contributed by atoms with E-state index in [1.54, 1.807) is 0 Å². The quantitative estimate of drug-likeness (QED) is 0.881. The summed E-state index contributed by atoms with van der Waals surface area (Å²) < 4.78 is 5.37. The third-order valence-electron chi connectivity index (χ3n) is 3.17. The van der Waals surface area contributed by atoms with Crippen LogP contribution in [-0.2, 0) is 0 Å². The zero-order valence-corrected chi connectivity index (χ0v) is 11.0. The molecule has 98 valence electrons. The number of hydrogen-bond acceptors (Lipinski definition) is 3. The molecule has 0 saturated carbocycles. The van der Waals surface area contributed by atoms with Crippen molar-refractivity contribution < 1.29 is 9.53 Å². The van der Waals surface area contributed by atoms with Gasteiger partial charge in [0.05, 0.1) is 6.61 Å². The van der Waals surface area contributed by atoms with Crippen LogP contribution in [0, 0.1) is 0 Å². The van der Waals surface area contributed by atoms with E-state index in [1.807, 2.05) is 36.1 Å². The summed E-state index contributed by atoms with van der Waals surface area (Å²) in [7, 11) is 0. The van der Waals surface area contributed by atoms with E-state index in [-0.39, 0.29) is 11.9 Å². The van der Waals surface area contributed by atoms with E-state index in [2.05, 4.69) is 12.2 Å². The van der Waals surface area contributed by atoms with Crippen molar-refractivity contribution in [2.75, 3.05) is 26.2 Å². The molecular formula is C14H20N2O2. The zero-order chi connectivity index (χ0) is 13.0. The largest absolute Gasteiger partial charge is 0.494 e. The van der Waals surface area contributed by atoms with Crippen LogP contribution in [0.5, 0.6) is 5.75 Å². The summed E-state index contributed by atoms with van der Waals surface area (Å²) in [6, 6.07) is 7.62. The summed E-state index contributed by atoms with van der Waals surface area (Å²) in [4.78, 5) is 14.3. The summed E-state index contributed by atoms with van der Waals surface area (Å²) in [6.07, 6.45) is 0. The summed E-state index contributed by atoms with van der Waals surface area (Å²) in [5.41, 5.74) is 0.729. The van der Waals surface area contributed by atoms with Crippen LogP contribution >= 0.6 is 0 Å². The molecule has 0 aromatic heterocycles. The lowest BCUT2D eigenvalue weighted by Crippen LogP contribution is -2.52. The molecule has 1 N–H and O–H groups in total. The maximum absolute atomic E-state index is 12.3. The van der Waals surface area contributed by atoms with E-state index in [0.29, 0.717) is 6.61 Å². The Bertz CT molecular complexity index is 403. The van der Waals surface area contributed by atoms with E-state index in [4.69, 9.17) is 4.74 Å². The fourth-order valence-corrected chi connectivity index (χ4v) is 2.17. The monoisotopic (exact) mass is 248 g/mol. The van der Waals surface area contributed by atoms with Crippen LogP contribution in [0.25, 0.3) is 0 Å². The fourth-order valence-electron chi connectivity index (χ4n) is 2.17. The van der Waals surface area contributed by atoms with E-state index in [9.17, 15) is 4.79 Å². The van der Waals surface area contributed by atoms with Crippen molar-refractivity contribution in [3.05, 3.63) is 29.8 Å². The minimum absolute atomic E-state index is 0.104. The predicted molar refractivity (Wildman–Crippen MR) is 71.0 cm³/mol. The second kappa shape index (κ2) is 5.87. The highest BCUT2D eigenvalue weighted by molar-refractivity contribution is 5.94. The van der Waals surface area contributed by atoms with Crippen molar-refractivity contribution in [2.24, 2.45) is 0 Å². The normalized spacial score (nSPS) is 19.7. The third kappa shape index (κ3) is 2.82. The van der Waals surface area contributed by atoms with Gasteiger partial charge in [-0.1, -0.05) is 0 Å². The molecule has 18 heavy (non-hydrogen) atoms. The first-order valence-electron chi connectivity index (χ1n) is 6.47. The van der Waals surface area contributed by atoms with Crippen LogP contribution in [0.15, 0.2) is 24.3 Å². The number of rotatable bonds is 3. The summed E-state index contributed by atoms with van der Waals surface area (Å²) in [6.45, 7) is 7.16. The van der Waals surface area contributed by atoms with Gasteiger partial charge in [0, 0.05) is 31.2 Å². The van der Waals surface area contributed by atoms with Crippen LogP contribution in [0.2, 0.25) is 0 Å². The first kappa shape index (κ1) is 12.9. The number of piperazine rings is 1. The second-order valence-corrected chi connectivity index (χ2v) is 4.51. The number of ether oxygens (including phenoxy) is 1. The smallest absolute Gasteiger partial charge is 0.254 e. The molecule has 2 rings (SSSR count). The Morgan fingerprint density at radius 1 is 1.44 bits per heavy atom. The second-order valence-electron chi connectivity index (χ2n) is 4.51. The van der Waals surface area contributed by atoms with Crippen molar-refractivity contribution >= 4 is 5.91 Å². The van der Waals surface area contributed by atoms with Gasteiger partial charge in [0.1, 0.15) is 5.75 Å². The van der Waals surface area contributed by atoms with Crippen LogP contribution < -0.4 is 10.1 Å². The van der Waals surface area contributed by atoms with Gasteiger partial charge < -0.3 is 15.0 Å². The van der Waals surface area contributed by atoms with Crippen LogP contribution in [0.1, 0.15) is 24.2 Å². The van der Waals surface area contributed by atoms with E-state index >= 15 is 0 Å². The lowest BCUT2D eigenvalue weighted by Gasteiger charge is -2.34. The topological polar surface area (TPSA) is 41.6 Å². The molecule has 1 amide bonds. The fraction of sp³-hybridized carbons (Fsp3) is 0.500. The van der Waals surface area contributed by atoms with Gasteiger partial charge >= 0.3 is 0 Å². The van der Waals surface area contributed by atoms with Crippen molar-refractivity contribution in [2.45, 2.75) is 19.9 Å². The van der Waals surface area contributed by atoms with Gasteiger partial charge in [-0.05, 0) is 38.1 Å². The van der Waals surface area contributed by atoms with E-state index in [0.717, 1.165) is 30.9 Å². The molecule has 1 aliphatic heterocycles. The lowest BCUT2D eigenvalue weighted by atomic mass is 10.1. The molecule has 0 aliphatic carbocycles. The molecule has 1 fully saturated rings. The molecule has 4 nitrogen and oxygen atoms in total. The molecule has 4 heteroatoms. The van der Waals surface area contributed by atoms with Gasteiger partial charge in [-0.2, -0.15) is 0 Å². The molecule has 1 aromatic rings. The number of nitrogens with zero attached hydrogens (tertiary/aromatic N) is 1. The number of carbonyl (C=O) groups excluding carboxylic acids is 1. The molecule has 1 aromatic carbocycles. The third-order valence-corrected chi connectivity index (χ3v) is 3.17. The molecule has 1 saturated heterocycles. The van der Waals surface area contributed by atoms with E-state index in [1.165, 1.54) is 0 Å². The first-order chi connectivity index (χ1) is 8.72. The molecule has 0 radical (unpaired) electrons. The number of carbonyl (C=O) groups is 1. The van der Waals surface area contributed by atoms with Gasteiger partial charge in [-0.3, -0.25) is 4.79 Å². The molecule has 1 aliphatic rings.